The van der Waals surface area contributed by atoms with Crippen LogP contribution in [-0.4, -0.2) is 30.4 Å². The van der Waals surface area contributed by atoms with Gasteiger partial charge in [0.15, 0.2) is 11.6 Å². The van der Waals surface area contributed by atoms with Crippen molar-refractivity contribution in [3.05, 3.63) is 65.3 Å². The zero-order valence-corrected chi connectivity index (χ0v) is 15.1. The van der Waals surface area contributed by atoms with Crippen LogP contribution in [0.15, 0.2) is 59.7 Å². The van der Waals surface area contributed by atoms with Gasteiger partial charge in [-0.25, -0.2) is 9.97 Å². The van der Waals surface area contributed by atoms with E-state index in [4.69, 9.17) is 21.1 Å². The lowest BCUT2D eigenvalue weighted by Gasteiger charge is -2.07. The molecule has 7 heteroatoms. The molecule has 3 aromatic rings. The van der Waals surface area contributed by atoms with Crippen molar-refractivity contribution in [3.63, 3.8) is 0 Å². The summed E-state index contributed by atoms with van der Waals surface area (Å²) in [6.45, 7) is 0. The van der Waals surface area contributed by atoms with Gasteiger partial charge in [0.2, 0.25) is 0 Å². The molecule has 0 bridgehead atoms. The molecule has 0 aliphatic carbocycles. The number of nitrogens with zero attached hydrogens (tertiary/aromatic N) is 3. The maximum absolute atomic E-state index is 6.10. The fourth-order valence-electron chi connectivity index (χ4n) is 2.28. The topological polar surface area (TPSA) is 68.6 Å². The Morgan fingerprint density at radius 1 is 1.00 bits per heavy atom. The molecular formula is C19H17ClN4O2. The van der Waals surface area contributed by atoms with E-state index in [1.807, 2.05) is 42.5 Å². The van der Waals surface area contributed by atoms with Crippen LogP contribution in [0.25, 0.3) is 11.4 Å². The fourth-order valence-corrected chi connectivity index (χ4v) is 2.47. The van der Waals surface area contributed by atoms with Crippen molar-refractivity contribution < 1.29 is 9.47 Å². The first-order valence-corrected chi connectivity index (χ1v) is 8.18. The summed E-state index contributed by atoms with van der Waals surface area (Å²) in [5.74, 6) is 2.38. The summed E-state index contributed by atoms with van der Waals surface area (Å²) < 4.78 is 10.5. The van der Waals surface area contributed by atoms with Gasteiger partial charge in [0.1, 0.15) is 16.7 Å². The molecule has 132 valence electrons. The van der Waals surface area contributed by atoms with Crippen molar-refractivity contribution in [2.75, 3.05) is 19.6 Å². The highest BCUT2D eigenvalue weighted by atomic mass is 35.5. The Bertz CT molecular complexity index is 917. The van der Waals surface area contributed by atoms with Crippen LogP contribution in [0.3, 0.4) is 0 Å². The molecule has 0 amide bonds. The minimum absolute atomic E-state index is 0.332. The average Bonchev–Trinajstić information content (AvgIpc) is 2.68. The number of aromatic nitrogens is 2. The van der Waals surface area contributed by atoms with Gasteiger partial charge in [-0.2, -0.15) is 5.10 Å². The van der Waals surface area contributed by atoms with E-state index in [-0.39, 0.29) is 0 Å². The molecule has 1 N–H and O–H groups in total. The van der Waals surface area contributed by atoms with Crippen molar-refractivity contribution >= 4 is 23.6 Å². The van der Waals surface area contributed by atoms with E-state index < -0.39 is 0 Å². The number of hydrogen-bond acceptors (Lipinski definition) is 6. The van der Waals surface area contributed by atoms with Crippen LogP contribution >= 0.6 is 11.6 Å². The van der Waals surface area contributed by atoms with E-state index in [1.54, 1.807) is 32.6 Å². The van der Waals surface area contributed by atoms with Crippen molar-refractivity contribution in [1.29, 1.82) is 0 Å². The van der Waals surface area contributed by atoms with Crippen LogP contribution < -0.4 is 14.9 Å². The third kappa shape index (κ3) is 4.29. The predicted molar refractivity (Wildman–Crippen MR) is 103 cm³/mol. The van der Waals surface area contributed by atoms with Gasteiger partial charge < -0.3 is 9.47 Å². The number of halogens is 1. The third-order valence-electron chi connectivity index (χ3n) is 3.55. The Hall–Kier alpha value is -3.12. The second-order valence-electron chi connectivity index (χ2n) is 5.24. The second kappa shape index (κ2) is 8.31. The Morgan fingerprint density at radius 2 is 1.81 bits per heavy atom. The Kier molecular flexibility index (Phi) is 5.66. The van der Waals surface area contributed by atoms with E-state index >= 15 is 0 Å². The van der Waals surface area contributed by atoms with Gasteiger partial charge in [-0.1, -0.05) is 41.9 Å². The summed E-state index contributed by atoms with van der Waals surface area (Å²) in [7, 11) is 3.20. The summed E-state index contributed by atoms with van der Waals surface area (Å²) in [4.78, 5) is 8.68. The lowest BCUT2D eigenvalue weighted by molar-refractivity contribution is 0.394. The average molecular weight is 369 g/mol. The largest absolute Gasteiger partial charge is 0.497 e. The highest BCUT2D eigenvalue weighted by Gasteiger charge is 2.06. The van der Waals surface area contributed by atoms with Crippen LogP contribution in [0.1, 0.15) is 5.56 Å². The molecule has 3 rings (SSSR count). The molecule has 0 radical (unpaired) electrons. The SMILES string of the molecule is COc1ccc(C=NNc2cc(Cl)nc(-c3ccccc3)n2)c(OC)c1. The van der Waals surface area contributed by atoms with Gasteiger partial charge >= 0.3 is 0 Å². The van der Waals surface area contributed by atoms with Crippen molar-refractivity contribution in [3.8, 4) is 22.9 Å². The second-order valence-corrected chi connectivity index (χ2v) is 5.63. The van der Waals surface area contributed by atoms with Gasteiger partial charge in [0, 0.05) is 23.3 Å². The quantitative estimate of drug-likeness (QED) is 0.400. The normalized spacial score (nSPS) is 10.7. The highest BCUT2D eigenvalue weighted by Crippen LogP contribution is 2.23. The number of anilines is 1. The monoisotopic (exact) mass is 368 g/mol. The molecule has 0 aliphatic rings. The molecule has 0 atom stereocenters. The molecule has 0 spiro atoms. The van der Waals surface area contributed by atoms with Crippen LogP contribution in [0.4, 0.5) is 5.82 Å². The molecule has 0 aliphatic heterocycles. The number of hydrogen-bond donors (Lipinski definition) is 1. The summed E-state index contributed by atoms with van der Waals surface area (Å²) in [5, 5.41) is 4.54. The third-order valence-corrected chi connectivity index (χ3v) is 3.74. The number of benzene rings is 2. The van der Waals surface area contributed by atoms with E-state index in [2.05, 4.69) is 20.5 Å². The zero-order valence-electron chi connectivity index (χ0n) is 14.3. The smallest absolute Gasteiger partial charge is 0.163 e. The van der Waals surface area contributed by atoms with Gasteiger partial charge in [-0.15, -0.1) is 0 Å². The minimum Gasteiger partial charge on any atom is -0.497 e. The summed E-state index contributed by atoms with van der Waals surface area (Å²) in [5.41, 5.74) is 4.54. The molecular weight excluding hydrogens is 352 g/mol. The lowest BCUT2D eigenvalue weighted by atomic mass is 10.2. The number of rotatable bonds is 6. The van der Waals surface area contributed by atoms with E-state index in [0.717, 1.165) is 11.1 Å². The maximum atomic E-state index is 6.10. The van der Waals surface area contributed by atoms with E-state index in [0.29, 0.717) is 28.3 Å². The van der Waals surface area contributed by atoms with Crippen LogP contribution in [0, 0.1) is 0 Å². The van der Waals surface area contributed by atoms with E-state index in [1.165, 1.54) is 0 Å². The Labute approximate surface area is 156 Å². The predicted octanol–water partition coefficient (Wildman–Crippen LogP) is 4.26. The standard InChI is InChI=1S/C19H17ClN4O2/c1-25-15-9-8-14(16(10-15)26-2)12-21-24-18-11-17(20)22-19(23-18)13-6-4-3-5-7-13/h3-12H,1-2H3,(H,22,23,24). The maximum Gasteiger partial charge on any atom is 0.163 e. The summed E-state index contributed by atoms with van der Waals surface area (Å²) >= 11 is 6.10. The number of methoxy groups -OCH3 is 2. The Morgan fingerprint density at radius 3 is 2.54 bits per heavy atom. The van der Waals surface area contributed by atoms with Crippen molar-refractivity contribution in [2.24, 2.45) is 5.10 Å². The summed E-state index contributed by atoms with van der Waals surface area (Å²) in [6.07, 6.45) is 1.64. The number of hydrazone groups is 1. The summed E-state index contributed by atoms with van der Waals surface area (Å²) in [6, 6.07) is 16.7. The molecule has 1 heterocycles. The first-order valence-electron chi connectivity index (χ1n) is 7.80. The molecule has 0 unspecified atom stereocenters. The molecule has 6 nitrogen and oxygen atoms in total. The minimum atomic E-state index is 0.332. The molecule has 0 fully saturated rings. The van der Waals surface area contributed by atoms with Gasteiger partial charge in [-0.05, 0) is 12.1 Å². The molecule has 26 heavy (non-hydrogen) atoms. The van der Waals surface area contributed by atoms with Crippen LogP contribution in [0.5, 0.6) is 11.5 Å². The van der Waals surface area contributed by atoms with E-state index in [9.17, 15) is 0 Å². The molecule has 1 aromatic heterocycles. The fraction of sp³-hybridized carbons (Fsp3) is 0.105. The van der Waals surface area contributed by atoms with Crippen molar-refractivity contribution in [2.45, 2.75) is 0 Å². The number of ether oxygens (including phenoxy) is 2. The first-order chi connectivity index (χ1) is 12.7. The Balaban J connectivity index is 1.80. The molecule has 0 saturated heterocycles. The molecule has 0 saturated carbocycles. The highest BCUT2D eigenvalue weighted by molar-refractivity contribution is 6.29. The lowest BCUT2D eigenvalue weighted by Crippen LogP contribution is -1.98. The van der Waals surface area contributed by atoms with Gasteiger partial charge in [0.25, 0.3) is 0 Å². The van der Waals surface area contributed by atoms with Gasteiger partial charge in [-0.3, -0.25) is 5.43 Å². The van der Waals surface area contributed by atoms with Crippen molar-refractivity contribution in [1.82, 2.24) is 9.97 Å². The zero-order chi connectivity index (χ0) is 18.4. The van der Waals surface area contributed by atoms with Gasteiger partial charge in [0.05, 0.1) is 20.4 Å². The number of nitrogens with one attached hydrogen (secondary N) is 1. The van der Waals surface area contributed by atoms with Crippen LogP contribution in [-0.2, 0) is 0 Å². The first kappa shape index (κ1) is 17.7. The molecule has 2 aromatic carbocycles. The van der Waals surface area contributed by atoms with Crippen LogP contribution in [0.2, 0.25) is 5.15 Å².